The van der Waals surface area contributed by atoms with Gasteiger partial charge in [0, 0.05) is 22.2 Å². The predicted molar refractivity (Wildman–Crippen MR) is 87.3 cm³/mol. The number of aromatic hydroxyl groups is 1. The topological polar surface area (TPSA) is 89.4 Å². The maximum absolute atomic E-state index is 12.1. The second-order valence-electron chi connectivity index (χ2n) is 4.81. The van der Waals surface area contributed by atoms with E-state index in [1.54, 1.807) is 18.2 Å². The Morgan fingerprint density at radius 1 is 1.33 bits per heavy atom. The first-order chi connectivity index (χ1) is 11.6. The number of methoxy groups -OCH3 is 1. The van der Waals surface area contributed by atoms with Crippen LogP contribution in [0.15, 0.2) is 35.4 Å². The van der Waals surface area contributed by atoms with Crippen LogP contribution in [0.4, 0.5) is 0 Å². The van der Waals surface area contributed by atoms with Crippen molar-refractivity contribution in [1.82, 2.24) is 5.43 Å². The molecule has 1 amide bonds. The van der Waals surface area contributed by atoms with Crippen molar-refractivity contribution in [3.05, 3.63) is 46.5 Å². The van der Waals surface area contributed by atoms with Crippen LogP contribution in [-0.4, -0.2) is 31.1 Å². The molecular formula is C16H13ClN2O5. The zero-order valence-corrected chi connectivity index (χ0v) is 13.3. The normalized spacial score (nSPS) is 12.4. The summed E-state index contributed by atoms with van der Waals surface area (Å²) in [5.41, 5.74) is 3.04. The molecule has 3 rings (SSSR count). The molecule has 0 aliphatic carbocycles. The van der Waals surface area contributed by atoms with Gasteiger partial charge in [-0.25, -0.2) is 5.43 Å². The molecule has 1 aliphatic rings. The summed E-state index contributed by atoms with van der Waals surface area (Å²) in [4.78, 5) is 12.1. The molecule has 0 spiro atoms. The fraction of sp³-hybridized carbons (Fsp3) is 0.125. The molecule has 1 aliphatic heterocycles. The third kappa shape index (κ3) is 3.21. The van der Waals surface area contributed by atoms with E-state index < -0.39 is 5.91 Å². The van der Waals surface area contributed by atoms with E-state index in [4.69, 9.17) is 25.8 Å². The van der Waals surface area contributed by atoms with E-state index in [9.17, 15) is 9.90 Å². The zero-order chi connectivity index (χ0) is 17.1. The van der Waals surface area contributed by atoms with E-state index in [0.717, 1.165) is 0 Å². The summed E-state index contributed by atoms with van der Waals surface area (Å²) in [6.07, 6.45) is 1.27. The van der Waals surface area contributed by atoms with Gasteiger partial charge in [0.15, 0.2) is 23.0 Å². The molecule has 0 unspecified atom stereocenters. The van der Waals surface area contributed by atoms with Crippen LogP contribution in [0.5, 0.6) is 23.0 Å². The summed E-state index contributed by atoms with van der Waals surface area (Å²) >= 11 is 5.93. The average Bonchev–Trinajstić information content (AvgIpc) is 3.05. The molecular weight excluding hydrogens is 336 g/mol. The minimum absolute atomic E-state index is 0.122. The molecule has 0 saturated heterocycles. The lowest BCUT2D eigenvalue weighted by Gasteiger charge is -2.06. The van der Waals surface area contributed by atoms with Gasteiger partial charge in [0.25, 0.3) is 5.91 Å². The van der Waals surface area contributed by atoms with Gasteiger partial charge in [0.05, 0.1) is 13.3 Å². The highest BCUT2D eigenvalue weighted by Crippen LogP contribution is 2.33. The van der Waals surface area contributed by atoms with Crippen molar-refractivity contribution in [3.8, 4) is 23.0 Å². The van der Waals surface area contributed by atoms with Crippen LogP contribution in [-0.2, 0) is 0 Å². The zero-order valence-electron chi connectivity index (χ0n) is 12.6. The molecule has 2 N–H and O–H groups in total. The van der Waals surface area contributed by atoms with E-state index in [0.29, 0.717) is 27.6 Å². The number of rotatable bonds is 4. The van der Waals surface area contributed by atoms with Gasteiger partial charge in [0.2, 0.25) is 6.79 Å². The van der Waals surface area contributed by atoms with Crippen molar-refractivity contribution in [3.63, 3.8) is 0 Å². The van der Waals surface area contributed by atoms with Gasteiger partial charge in [-0.1, -0.05) is 11.6 Å². The minimum Gasteiger partial charge on any atom is -0.504 e. The molecule has 0 fully saturated rings. The fourth-order valence-electron chi connectivity index (χ4n) is 2.11. The van der Waals surface area contributed by atoms with Crippen molar-refractivity contribution < 1.29 is 24.1 Å². The number of nitrogens with one attached hydrogen (secondary N) is 1. The molecule has 8 heteroatoms. The third-order valence-corrected chi connectivity index (χ3v) is 3.51. The van der Waals surface area contributed by atoms with E-state index in [1.165, 1.54) is 25.5 Å². The van der Waals surface area contributed by atoms with Gasteiger partial charge in [-0.05, 0) is 24.3 Å². The molecule has 1 heterocycles. The smallest absolute Gasteiger partial charge is 0.271 e. The number of ether oxygens (including phenoxy) is 3. The van der Waals surface area contributed by atoms with Crippen LogP contribution in [0, 0.1) is 0 Å². The third-order valence-electron chi connectivity index (χ3n) is 3.29. The molecule has 0 bridgehead atoms. The van der Waals surface area contributed by atoms with Gasteiger partial charge in [-0.3, -0.25) is 4.79 Å². The number of carbonyl (C=O) groups excluding carboxylic acids is 1. The summed E-state index contributed by atoms with van der Waals surface area (Å²) in [6, 6.07) is 7.77. The lowest BCUT2D eigenvalue weighted by molar-refractivity contribution is 0.0954. The number of benzene rings is 2. The molecule has 0 atom stereocenters. The van der Waals surface area contributed by atoms with Crippen molar-refractivity contribution in [2.45, 2.75) is 0 Å². The quantitative estimate of drug-likeness (QED) is 0.654. The van der Waals surface area contributed by atoms with Crippen LogP contribution in [0.2, 0.25) is 5.02 Å². The summed E-state index contributed by atoms with van der Waals surface area (Å²) in [5, 5.41) is 14.2. The molecule has 124 valence electrons. The number of phenolic OH excluding ortho intramolecular Hbond substituents is 1. The fourth-order valence-corrected chi connectivity index (χ4v) is 2.33. The Hall–Kier alpha value is -2.93. The van der Waals surface area contributed by atoms with Gasteiger partial charge >= 0.3 is 0 Å². The second-order valence-corrected chi connectivity index (χ2v) is 5.25. The summed E-state index contributed by atoms with van der Waals surface area (Å²) < 4.78 is 15.4. The average molecular weight is 349 g/mol. The highest BCUT2D eigenvalue weighted by atomic mass is 35.5. The maximum atomic E-state index is 12.1. The Labute approximate surface area is 142 Å². The van der Waals surface area contributed by atoms with Crippen molar-refractivity contribution in [2.75, 3.05) is 13.9 Å². The van der Waals surface area contributed by atoms with Crippen molar-refractivity contribution in [2.24, 2.45) is 5.10 Å². The van der Waals surface area contributed by atoms with E-state index in [2.05, 4.69) is 10.5 Å². The number of hydrogen-bond donors (Lipinski definition) is 2. The largest absolute Gasteiger partial charge is 0.504 e. The van der Waals surface area contributed by atoms with Crippen LogP contribution in [0.25, 0.3) is 0 Å². The summed E-state index contributed by atoms with van der Waals surface area (Å²) in [7, 11) is 1.41. The predicted octanol–water partition coefficient (Wildman–Crippen LogP) is 2.55. The Morgan fingerprint density at radius 2 is 2.12 bits per heavy atom. The van der Waals surface area contributed by atoms with Crippen molar-refractivity contribution in [1.29, 1.82) is 0 Å². The second kappa shape index (κ2) is 6.67. The first-order valence-corrected chi connectivity index (χ1v) is 7.26. The van der Waals surface area contributed by atoms with Crippen LogP contribution in [0.3, 0.4) is 0 Å². The first kappa shape index (κ1) is 15.9. The monoisotopic (exact) mass is 348 g/mol. The number of halogens is 1. The summed E-state index contributed by atoms with van der Waals surface area (Å²) in [6.45, 7) is 0.133. The molecule has 2 aromatic rings. The van der Waals surface area contributed by atoms with Crippen LogP contribution in [0.1, 0.15) is 15.9 Å². The number of nitrogens with zero attached hydrogens (tertiary/aromatic N) is 1. The molecule has 0 saturated carbocycles. The van der Waals surface area contributed by atoms with Gasteiger partial charge < -0.3 is 19.3 Å². The van der Waals surface area contributed by atoms with Crippen LogP contribution >= 0.6 is 11.6 Å². The van der Waals surface area contributed by atoms with Gasteiger partial charge in [-0.15, -0.1) is 0 Å². The standard InChI is InChI=1S/C16H13ClN2O5/c1-22-14-6-11(17)4-10(15(14)20)7-18-19-16(21)9-2-3-12-13(5-9)24-8-23-12/h2-7,20H,8H2,1H3,(H,19,21)/b18-7-. The molecule has 0 radical (unpaired) electrons. The van der Waals surface area contributed by atoms with Gasteiger partial charge in [0.1, 0.15) is 0 Å². The number of hydrazone groups is 1. The maximum Gasteiger partial charge on any atom is 0.271 e. The number of amides is 1. The summed E-state index contributed by atoms with van der Waals surface area (Å²) in [5.74, 6) is 0.752. The van der Waals surface area contributed by atoms with E-state index >= 15 is 0 Å². The Morgan fingerprint density at radius 3 is 2.92 bits per heavy atom. The van der Waals surface area contributed by atoms with E-state index in [1.807, 2.05) is 0 Å². The molecule has 0 aromatic heterocycles. The Kier molecular flexibility index (Phi) is 4.43. The molecule has 2 aromatic carbocycles. The van der Waals surface area contributed by atoms with Gasteiger partial charge in [-0.2, -0.15) is 5.10 Å². The lowest BCUT2D eigenvalue weighted by atomic mass is 10.2. The highest BCUT2D eigenvalue weighted by molar-refractivity contribution is 6.31. The molecule has 24 heavy (non-hydrogen) atoms. The minimum atomic E-state index is -0.432. The first-order valence-electron chi connectivity index (χ1n) is 6.88. The van der Waals surface area contributed by atoms with E-state index in [-0.39, 0.29) is 18.3 Å². The van der Waals surface area contributed by atoms with Crippen molar-refractivity contribution >= 4 is 23.7 Å². The number of hydrogen-bond acceptors (Lipinski definition) is 6. The SMILES string of the molecule is COc1cc(Cl)cc(/C=N\NC(=O)c2ccc3c(c2)OCO3)c1O. The highest BCUT2D eigenvalue weighted by Gasteiger charge is 2.16. The van der Waals surface area contributed by atoms with Crippen LogP contribution < -0.4 is 19.6 Å². The number of phenols is 1. The number of carbonyl (C=O) groups is 1. The Balaban J connectivity index is 1.72. The Bertz CT molecular complexity index is 822. The molecule has 7 nitrogen and oxygen atoms in total. The number of fused-ring (bicyclic) bond motifs is 1. The lowest BCUT2D eigenvalue weighted by Crippen LogP contribution is -2.17.